The number of para-hydroxylation sites is 1. The molecule has 0 bridgehead atoms. The van der Waals surface area contributed by atoms with Crippen LogP contribution in [0.5, 0.6) is 0 Å². The van der Waals surface area contributed by atoms with Crippen LogP contribution in [0.3, 0.4) is 0 Å². The smallest absolute Gasteiger partial charge is 0.248 e. The van der Waals surface area contributed by atoms with Gasteiger partial charge in [-0.3, -0.25) is 9.78 Å². The lowest BCUT2D eigenvalue weighted by molar-refractivity contribution is -0.111. The minimum absolute atomic E-state index is 0.222. The largest absolute Gasteiger partial charge is 0.322 e. The molecule has 1 N–H and O–H groups in total. The molecule has 0 aliphatic rings. The van der Waals surface area contributed by atoms with E-state index in [0.29, 0.717) is 18.1 Å². The number of hydrogen-bond acceptors (Lipinski definition) is 5. The third kappa shape index (κ3) is 3.64. The van der Waals surface area contributed by atoms with Crippen LogP contribution in [0.15, 0.2) is 66.9 Å². The highest BCUT2D eigenvalue weighted by Crippen LogP contribution is 2.21. The average molecular weight is 370 g/mol. The van der Waals surface area contributed by atoms with E-state index in [1.165, 1.54) is 6.08 Å². The number of aromatic nitrogens is 5. The Labute approximate surface area is 161 Å². The molecule has 0 aliphatic heterocycles. The van der Waals surface area contributed by atoms with E-state index in [1.54, 1.807) is 17.0 Å². The minimum Gasteiger partial charge on any atom is -0.322 e. The molecule has 0 spiro atoms. The number of tetrazole rings is 1. The molecule has 1 amide bonds. The second kappa shape index (κ2) is 7.79. The molecule has 4 rings (SSSR count). The van der Waals surface area contributed by atoms with Crippen molar-refractivity contribution in [2.24, 2.45) is 0 Å². The van der Waals surface area contributed by atoms with Gasteiger partial charge in [0.2, 0.25) is 5.91 Å². The van der Waals surface area contributed by atoms with Crippen LogP contribution in [-0.4, -0.2) is 31.1 Å². The molecule has 0 atom stereocenters. The molecule has 0 saturated carbocycles. The number of carbonyl (C=O) groups excluding carboxylic acids is 1. The van der Waals surface area contributed by atoms with Crippen molar-refractivity contribution in [1.29, 1.82) is 0 Å². The zero-order chi connectivity index (χ0) is 19.3. The molecule has 28 heavy (non-hydrogen) atoms. The third-order valence-electron chi connectivity index (χ3n) is 4.30. The van der Waals surface area contributed by atoms with Crippen LogP contribution in [0.1, 0.15) is 12.5 Å². The molecule has 7 heteroatoms. The van der Waals surface area contributed by atoms with Crippen LogP contribution in [-0.2, 0) is 11.3 Å². The summed E-state index contributed by atoms with van der Waals surface area (Å²) in [6, 6.07) is 17.2. The quantitative estimate of drug-likeness (QED) is 0.543. The second-order valence-corrected chi connectivity index (χ2v) is 6.14. The number of rotatable bonds is 5. The maximum absolute atomic E-state index is 12.4. The summed E-state index contributed by atoms with van der Waals surface area (Å²) in [6.45, 7) is 2.64. The van der Waals surface area contributed by atoms with Gasteiger partial charge in [0.05, 0.1) is 5.52 Å². The summed E-state index contributed by atoms with van der Waals surface area (Å²) in [5.74, 6) is 0.441. The Morgan fingerprint density at radius 3 is 2.89 bits per heavy atom. The number of pyridine rings is 1. The van der Waals surface area contributed by atoms with E-state index in [-0.39, 0.29) is 5.91 Å². The number of benzene rings is 2. The number of amides is 1. The van der Waals surface area contributed by atoms with E-state index >= 15 is 0 Å². The van der Waals surface area contributed by atoms with Gasteiger partial charge in [-0.25, -0.2) is 4.68 Å². The summed E-state index contributed by atoms with van der Waals surface area (Å²) in [7, 11) is 0. The minimum atomic E-state index is -0.222. The molecule has 2 heterocycles. The fraction of sp³-hybridized carbons (Fsp3) is 0.0952. The van der Waals surface area contributed by atoms with E-state index < -0.39 is 0 Å². The van der Waals surface area contributed by atoms with Gasteiger partial charge >= 0.3 is 0 Å². The number of nitrogens with one attached hydrogen (secondary N) is 1. The van der Waals surface area contributed by atoms with Gasteiger partial charge < -0.3 is 5.32 Å². The topological polar surface area (TPSA) is 85.6 Å². The molecule has 7 nitrogen and oxygen atoms in total. The van der Waals surface area contributed by atoms with Crippen molar-refractivity contribution >= 4 is 28.6 Å². The first-order valence-electron chi connectivity index (χ1n) is 8.94. The molecule has 4 aromatic rings. The van der Waals surface area contributed by atoms with Crippen molar-refractivity contribution in [3.05, 3.63) is 72.4 Å². The van der Waals surface area contributed by atoms with Gasteiger partial charge in [0.1, 0.15) is 0 Å². The summed E-state index contributed by atoms with van der Waals surface area (Å²) in [4.78, 5) is 16.8. The Bertz CT molecular complexity index is 1160. The number of carbonyl (C=O) groups is 1. The maximum Gasteiger partial charge on any atom is 0.248 e. The van der Waals surface area contributed by atoms with E-state index in [0.717, 1.165) is 22.0 Å². The zero-order valence-electron chi connectivity index (χ0n) is 15.3. The molecular formula is C21H18N6O. The summed E-state index contributed by atoms with van der Waals surface area (Å²) in [5, 5.41) is 15.6. The number of aryl methyl sites for hydroxylation is 1. The predicted octanol–water partition coefficient (Wildman–Crippen LogP) is 3.56. The molecule has 2 aromatic heterocycles. The van der Waals surface area contributed by atoms with E-state index in [2.05, 4.69) is 25.8 Å². The Balaban J connectivity index is 1.52. The fourth-order valence-corrected chi connectivity index (χ4v) is 2.97. The summed E-state index contributed by atoms with van der Waals surface area (Å²) in [6.07, 6.45) is 5.02. The molecule has 138 valence electrons. The maximum atomic E-state index is 12.4. The van der Waals surface area contributed by atoms with Crippen molar-refractivity contribution in [3.63, 3.8) is 0 Å². The number of nitrogens with zero attached hydrogens (tertiary/aromatic N) is 5. The normalized spacial score (nSPS) is 11.2. The summed E-state index contributed by atoms with van der Waals surface area (Å²) < 4.78 is 1.70. The first kappa shape index (κ1) is 17.5. The second-order valence-electron chi connectivity index (χ2n) is 6.14. The number of hydrogen-bond donors (Lipinski definition) is 1. The van der Waals surface area contributed by atoms with Gasteiger partial charge in [0.15, 0.2) is 5.82 Å². The lowest BCUT2D eigenvalue weighted by atomic mass is 10.1. The highest BCUT2D eigenvalue weighted by molar-refractivity contribution is 6.03. The Kier molecular flexibility index (Phi) is 4.88. The number of anilines is 1. The van der Waals surface area contributed by atoms with Crippen molar-refractivity contribution in [2.45, 2.75) is 13.5 Å². The van der Waals surface area contributed by atoms with Crippen molar-refractivity contribution in [1.82, 2.24) is 25.2 Å². The molecule has 0 unspecified atom stereocenters. The summed E-state index contributed by atoms with van der Waals surface area (Å²) in [5.41, 5.74) is 3.27. The summed E-state index contributed by atoms with van der Waals surface area (Å²) >= 11 is 0. The third-order valence-corrected chi connectivity index (χ3v) is 4.30. The predicted molar refractivity (Wildman–Crippen MR) is 108 cm³/mol. The Morgan fingerprint density at radius 2 is 2.00 bits per heavy atom. The van der Waals surface area contributed by atoms with Crippen LogP contribution < -0.4 is 5.32 Å². The Hall–Kier alpha value is -3.87. The fourth-order valence-electron chi connectivity index (χ4n) is 2.97. The SMILES string of the molecule is CCn1nnnc1-c1cccc(NC(=O)/C=C\c2cccc3cccnc23)c1. The lowest BCUT2D eigenvalue weighted by Crippen LogP contribution is -2.08. The molecular weight excluding hydrogens is 352 g/mol. The molecule has 2 aromatic carbocycles. The molecule has 0 fully saturated rings. The molecule has 0 saturated heterocycles. The van der Waals surface area contributed by atoms with Crippen LogP contribution >= 0.6 is 0 Å². The Morgan fingerprint density at radius 1 is 1.14 bits per heavy atom. The van der Waals surface area contributed by atoms with Gasteiger partial charge in [0, 0.05) is 41.0 Å². The number of fused-ring (bicyclic) bond motifs is 1. The van der Waals surface area contributed by atoms with Gasteiger partial charge in [0.25, 0.3) is 0 Å². The lowest BCUT2D eigenvalue weighted by Gasteiger charge is -2.06. The van der Waals surface area contributed by atoms with Crippen LogP contribution in [0, 0.1) is 0 Å². The van der Waals surface area contributed by atoms with Gasteiger partial charge in [-0.15, -0.1) is 5.10 Å². The van der Waals surface area contributed by atoms with Crippen molar-refractivity contribution in [2.75, 3.05) is 5.32 Å². The monoisotopic (exact) mass is 370 g/mol. The van der Waals surface area contributed by atoms with E-state index in [1.807, 2.05) is 61.5 Å². The zero-order valence-corrected chi connectivity index (χ0v) is 15.3. The van der Waals surface area contributed by atoms with Crippen molar-refractivity contribution < 1.29 is 4.79 Å². The highest BCUT2D eigenvalue weighted by Gasteiger charge is 2.08. The molecule has 0 aliphatic carbocycles. The first-order valence-corrected chi connectivity index (χ1v) is 8.94. The van der Waals surface area contributed by atoms with E-state index in [4.69, 9.17) is 0 Å². The van der Waals surface area contributed by atoms with Gasteiger partial charge in [-0.05, 0) is 41.6 Å². The standard InChI is InChI=1S/C21H18N6O/c1-2-27-21(24-25-26-27)17-8-4-10-18(14-17)23-19(28)12-11-16-7-3-6-15-9-5-13-22-20(15)16/h3-14H,2H2,1H3,(H,23,28)/b12-11-. The van der Waals surface area contributed by atoms with E-state index in [9.17, 15) is 4.79 Å². The molecule has 0 radical (unpaired) electrons. The van der Waals surface area contributed by atoms with Gasteiger partial charge in [-0.2, -0.15) is 0 Å². The van der Waals surface area contributed by atoms with Crippen LogP contribution in [0.2, 0.25) is 0 Å². The van der Waals surface area contributed by atoms with Crippen LogP contribution in [0.4, 0.5) is 5.69 Å². The van der Waals surface area contributed by atoms with Gasteiger partial charge in [-0.1, -0.05) is 36.4 Å². The highest BCUT2D eigenvalue weighted by atomic mass is 16.1. The average Bonchev–Trinajstić information content (AvgIpc) is 3.21. The van der Waals surface area contributed by atoms with Crippen LogP contribution in [0.25, 0.3) is 28.4 Å². The first-order chi connectivity index (χ1) is 13.7. The van der Waals surface area contributed by atoms with Crippen molar-refractivity contribution in [3.8, 4) is 11.4 Å².